The van der Waals surface area contributed by atoms with Gasteiger partial charge in [-0.25, -0.2) is 4.98 Å². The van der Waals surface area contributed by atoms with Gasteiger partial charge in [0.1, 0.15) is 0 Å². The monoisotopic (exact) mass is 236 g/mol. The maximum Gasteiger partial charge on any atom is 0.220 e. The Balaban J connectivity index is 1.73. The minimum absolute atomic E-state index is 0.0159. The van der Waals surface area contributed by atoms with Gasteiger partial charge in [-0.2, -0.15) is 0 Å². The van der Waals surface area contributed by atoms with Crippen molar-refractivity contribution >= 4 is 5.91 Å². The SMILES string of the molecule is C[C@@H](N)c1cncn1CCCC(=O)NC1CC1. The Labute approximate surface area is 101 Å². The fraction of sp³-hybridized carbons (Fsp3) is 0.667. The van der Waals surface area contributed by atoms with Gasteiger partial charge in [0.25, 0.3) is 0 Å². The van der Waals surface area contributed by atoms with E-state index in [1.54, 1.807) is 12.5 Å². The molecule has 1 aliphatic carbocycles. The first-order valence-electron chi connectivity index (χ1n) is 6.22. The number of aromatic nitrogens is 2. The molecule has 1 fully saturated rings. The van der Waals surface area contributed by atoms with Crippen LogP contribution in [-0.4, -0.2) is 21.5 Å². The van der Waals surface area contributed by atoms with Crippen molar-refractivity contribution < 1.29 is 4.79 Å². The summed E-state index contributed by atoms with van der Waals surface area (Å²) in [5.41, 5.74) is 6.85. The second-order valence-electron chi connectivity index (χ2n) is 4.75. The lowest BCUT2D eigenvalue weighted by Gasteiger charge is -2.10. The summed E-state index contributed by atoms with van der Waals surface area (Å²) in [7, 11) is 0. The van der Waals surface area contributed by atoms with E-state index < -0.39 is 0 Å². The van der Waals surface area contributed by atoms with E-state index >= 15 is 0 Å². The Morgan fingerprint density at radius 3 is 3.12 bits per heavy atom. The molecular weight excluding hydrogens is 216 g/mol. The average molecular weight is 236 g/mol. The molecule has 1 aliphatic rings. The van der Waals surface area contributed by atoms with Gasteiger partial charge in [-0.1, -0.05) is 0 Å². The highest BCUT2D eigenvalue weighted by Gasteiger charge is 2.22. The van der Waals surface area contributed by atoms with Crippen molar-refractivity contribution in [3.8, 4) is 0 Å². The zero-order chi connectivity index (χ0) is 12.3. The maximum absolute atomic E-state index is 11.5. The van der Waals surface area contributed by atoms with E-state index in [9.17, 15) is 4.79 Å². The lowest BCUT2D eigenvalue weighted by Crippen LogP contribution is -2.25. The maximum atomic E-state index is 11.5. The molecule has 2 rings (SSSR count). The zero-order valence-corrected chi connectivity index (χ0v) is 10.2. The Bertz CT molecular complexity index is 382. The molecule has 3 N–H and O–H groups in total. The fourth-order valence-electron chi connectivity index (χ4n) is 1.83. The number of nitrogens with zero attached hydrogens (tertiary/aromatic N) is 2. The van der Waals surface area contributed by atoms with Gasteiger partial charge >= 0.3 is 0 Å². The third-order valence-electron chi connectivity index (χ3n) is 2.96. The molecule has 1 aromatic rings. The summed E-state index contributed by atoms with van der Waals surface area (Å²) >= 11 is 0. The van der Waals surface area contributed by atoms with Crippen molar-refractivity contribution in [2.24, 2.45) is 5.73 Å². The predicted octanol–water partition coefficient (Wildman–Crippen LogP) is 0.962. The molecule has 17 heavy (non-hydrogen) atoms. The third-order valence-corrected chi connectivity index (χ3v) is 2.96. The van der Waals surface area contributed by atoms with Crippen LogP contribution in [0, 0.1) is 0 Å². The molecule has 94 valence electrons. The lowest BCUT2D eigenvalue weighted by molar-refractivity contribution is -0.121. The molecule has 1 aromatic heterocycles. The molecule has 1 atom stereocenters. The van der Waals surface area contributed by atoms with Crippen molar-refractivity contribution in [2.45, 2.75) is 51.2 Å². The lowest BCUT2D eigenvalue weighted by atomic mass is 10.2. The summed E-state index contributed by atoms with van der Waals surface area (Å²) in [5, 5.41) is 2.98. The second kappa shape index (κ2) is 5.31. The van der Waals surface area contributed by atoms with E-state index in [1.165, 1.54) is 0 Å². The van der Waals surface area contributed by atoms with Crippen LogP contribution in [0.3, 0.4) is 0 Å². The molecule has 0 radical (unpaired) electrons. The van der Waals surface area contributed by atoms with Gasteiger partial charge in [-0.05, 0) is 26.2 Å². The molecule has 0 unspecified atom stereocenters. The van der Waals surface area contributed by atoms with Gasteiger partial charge < -0.3 is 15.6 Å². The summed E-state index contributed by atoms with van der Waals surface area (Å²) in [5.74, 6) is 0.162. The number of nitrogens with two attached hydrogens (primary N) is 1. The van der Waals surface area contributed by atoms with Gasteiger partial charge in [0.15, 0.2) is 0 Å². The van der Waals surface area contributed by atoms with Gasteiger partial charge in [0.2, 0.25) is 5.91 Å². The van der Waals surface area contributed by atoms with Crippen molar-refractivity contribution in [3.63, 3.8) is 0 Å². The first kappa shape index (κ1) is 12.1. The van der Waals surface area contributed by atoms with Crippen LogP contribution in [0.1, 0.15) is 44.3 Å². The van der Waals surface area contributed by atoms with Gasteiger partial charge in [-0.3, -0.25) is 4.79 Å². The molecule has 1 saturated carbocycles. The van der Waals surface area contributed by atoms with Crippen LogP contribution < -0.4 is 11.1 Å². The summed E-state index contributed by atoms with van der Waals surface area (Å²) in [6, 6.07) is 0.438. The van der Waals surface area contributed by atoms with E-state index in [4.69, 9.17) is 5.73 Å². The molecule has 0 saturated heterocycles. The van der Waals surface area contributed by atoms with Crippen molar-refractivity contribution in [2.75, 3.05) is 0 Å². The van der Waals surface area contributed by atoms with Crippen LogP contribution in [0.2, 0.25) is 0 Å². The number of rotatable bonds is 6. The second-order valence-corrected chi connectivity index (χ2v) is 4.75. The summed E-state index contributed by atoms with van der Waals surface area (Å²) in [4.78, 5) is 15.6. The largest absolute Gasteiger partial charge is 0.353 e. The Hall–Kier alpha value is -1.36. The summed E-state index contributed by atoms with van der Waals surface area (Å²) < 4.78 is 2.02. The van der Waals surface area contributed by atoms with Gasteiger partial charge in [0, 0.05) is 31.2 Å². The van der Waals surface area contributed by atoms with Crippen molar-refractivity contribution in [1.29, 1.82) is 0 Å². The third kappa shape index (κ3) is 3.56. The van der Waals surface area contributed by atoms with Crippen LogP contribution >= 0.6 is 0 Å². The van der Waals surface area contributed by atoms with Crippen LogP contribution in [0.4, 0.5) is 0 Å². The van der Waals surface area contributed by atoms with E-state index in [-0.39, 0.29) is 11.9 Å². The molecule has 0 bridgehead atoms. The Kier molecular flexibility index (Phi) is 3.78. The molecule has 5 nitrogen and oxygen atoms in total. The number of amides is 1. The van der Waals surface area contributed by atoms with Crippen molar-refractivity contribution in [3.05, 3.63) is 18.2 Å². The number of nitrogens with one attached hydrogen (secondary N) is 1. The van der Waals surface area contributed by atoms with Crippen molar-refractivity contribution in [1.82, 2.24) is 14.9 Å². The highest BCUT2D eigenvalue weighted by Crippen LogP contribution is 2.18. The number of imidazole rings is 1. The van der Waals surface area contributed by atoms with Crippen LogP contribution in [0.5, 0.6) is 0 Å². The van der Waals surface area contributed by atoms with E-state index in [1.807, 2.05) is 11.5 Å². The van der Waals surface area contributed by atoms with Crippen LogP contribution in [-0.2, 0) is 11.3 Å². The molecular formula is C12H20N4O. The van der Waals surface area contributed by atoms with E-state index in [0.717, 1.165) is 31.5 Å². The summed E-state index contributed by atoms with van der Waals surface area (Å²) in [6.07, 6.45) is 7.25. The van der Waals surface area contributed by atoms with Gasteiger partial charge in [-0.15, -0.1) is 0 Å². The van der Waals surface area contributed by atoms with E-state index in [0.29, 0.717) is 12.5 Å². The number of aryl methyl sites for hydroxylation is 1. The molecule has 0 aromatic carbocycles. The first-order chi connectivity index (χ1) is 8.16. The zero-order valence-electron chi connectivity index (χ0n) is 10.2. The van der Waals surface area contributed by atoms with Crippen LogP contribution in [0.15, 0.2) is 12.5 Å². The Morgan fingerprint density at radius 1 is 1.71 bits per heavy atom. The number of hydrogen-bond donors (Lipinski definition) is 2. The summed E-state index contributed by atoms with van der Waals surface area (Å²) in [6.45, 7) is 2.74. The standard InChI is InChI=1S/C12H20N4O/c1-9(13)11-7-14-8-16(11)6-2-3-12(17)15-10-4-5-10/h7-10H,2-6,13H2,1H3,(H,15,17)/t9-/m1/s1. The van der Waals surface area contributed by atoms with Crippen LogP contribution in [0.25, 0.3) is 0 Å². The first-order valence-corrected chi connectivity index (χ1v) is 6.22. The van der Waals surface area contributed by atoms with E-state index in [2.05, 4.69) is 10.3 Å². The average Bonchev–Trinajstić information content (AvgIpc) is 2.94. The molecule has 0 aliphatic heterocycles. The molecule has 1 heterocycles. The van der Waals surface area contributed by atoms with Gasteiger partial charge in [0.05, 0.1) is 12.0 Å². The highest BCUT2D eigenvalue weighted by molar-refractivity contribution is 5.76. The molecule has 1 amide bonds. The smallest absolute Gasteiger partial charge is 0.220 e. The minimum Gasteiger partial charge on any atom is -0.353 e. The topological polar surface area (TPSA) is 72.9 Å². The molecule has 5 heteroatoms. The highest BCUT2D eigenvalue weighted by atomic mass is 16.1. The normalized spacial score (nSPS) is 16.8. The molecule has 0 spiro atoms. The number of carbonyl (C=O) groups is 1. The quantitative estimate of drug-likeness (QED) is 0.772. The minimum atomic E-state index is -0.0159. The number of carbonyl (C=O) groups excluding carboxylic acids is 1. The number of hydrogen-bond acceptors (Lipinski definition) is 3. The Morgan fingerprint density at radius 2 is 2.47 bits per heavy atom. The fourth-order valence-corrected chi connectivity index (χ4v) is 1.83. The predicted molar refractivity (Wildman–Crippen MR) is 65.2 cm³/mol.